The Morgan fingerprint density at radius 2 is 1.58 bits per heavy atom. The van der Waals surface area contributed by atoms with Crippen molar-refractivity contribution in [2.75, 3.05) is 0 Å². The number of aromatic nitrogens is 2. The molecule has 31 heavy (non-hydrogen) atoms. The zero-order valence-electron chi connectivity index (χ0n) is 19.2. The maximum atomic E-state index is 12.7. The van der Waals surface area contributed by atoms with Crippen LogP contribution in [0.2, 0.25) is 0 Å². The predicted molar refractivity (Wildman–Crippen MR) is 111 cm³/mol. The van der Waals surface area contributed by atoms with Crippen molar-refractivity contribution in [3.05, 3.63) is 18.2 Å². The van der Waals surface area contributed by atoms with Gasteiger partial charge in [-0.3, -0.25) is 4.79 Å². The number of imidazole rings is 1. The molecule has 0 saturated carbocycles. The van der Waals surface area contributed by atoms with Gasteiger partial charge in [-0.2, -0.15) is 0 Å². The highest BCUT2D eigenvalue weighted by Gasteiger charge is 2.33. The number of nitrogens with zero attached hydrogens (tertiary/aromatic N) is 2. The van der Waals surface area contributed by atoms with Gasteiger partial charge in [0, 0.05) is 12.6 Å². The van der Waals surface area contributed by atoms with Crippen LogP contribution in [0.15, 0.2) is 12.5 Å². The van der Waals surface area contributed by atoms with E-state index >= 15 is 0 Å². The summed E-state index contributed by atoms with van der Waals surface area (Å²) in [5.74, 6) is -1.99. The molecule has 0 saturated heterocycles. The van der Waals surface area contributed by atoms with Gasteiger partial charge < -0.3 is 25.2 Å². The third kappa shape index (κ3) is 9.06. The van der Waals surface area contributed by atoms with Crippen molar-refractivity contribution >= 4 is 24.1 Å². The number of ether oxygens (including phenoxy) is 2. The largest absolute Gasteiger partial charge is 0.480 e. The molecule has 2 amide bonds. The number of amides is 2. The van der Waals surface area contributed by atoms with Crippen molar-refractivity contribution in [1.82, 2.24) is 20.2 Å². The van der Waals surface area contributed by atoms with Crippen LogP contribution in [0.1, 0.15) is 61.1 Å². The summed E-state index contributed by atoms with van der Waals surface area (Å²) in [5.41, 5.74) is -2.77. The molecule has 1 heterocycles. The molecule has 11 nitrogen and oxygen atoms in total. The molecule has 0 bridgehead atoms. The number of hydrogen-bond acceptors (Lipinski definition) is 7. The maximum absolute atomic E-state index is 12.7. The Kier molecular flexibility index (Phi) is 7.83. The third-order valence-corrected chi connectivity index (χ3v) is 3.63. The number of alkyl carbamates (subject to hydrolysis) is 1. The van der Waals surface area contributed by atoms with Gasteiger partial charge in [0.1, 0.15) is 29.1 Å². The number of carboxylic acid groups (broad SMARTS) is 1. The van der Waals surface area contributed by atoms with Crippen LogP contribution in [-0.2, 0) is 25.5 Å². The first-order valence-electron chi connectivity index (χ1n) is 9.71. The second kappa shape index (κ2) is 9.36. The van der Waals surface area contributed by atoms with Crippen LogP contribution in [0.25, 0.3) is 0 Å². The molecular formula is C20H32N4O7. The van der Waals surface area contributed by atoms with Crippen LogP contribution < -0.4 is 10.6 Å². The molecule has 0 aliphatic heterocycles. The van der Waals surface area contributed by atoms with Crippen LogP contribution in [0.4, 0.5) is 9.59 Å². The van der Waals surface area contributed by atoms with E-state index in [-0.39, 0.29) is 6.42 Å². The summed E-state index contributed by atoms with van der Waals surface area (Å²) < 4.78 is 11.6. The molecule has 1 rings (SSSR count). The van der Waals surface area contributed by atoms with Crippen molar-refractivity contribution in [3.8, 4) is 0 Å². The van der Waals surface area contributed by atoms with Gasteiger partial charge in [-0.15, -0.1) is 0 Å². The van der Waals surface area contributed by atoms with E-state index in [2.05, 4.69) is 15.6 Å². The Balaban J connectivity index is 3.04. The van der Waals surface area contributed by atoms with E-state index in [0.29, 0.717) is 5.69 Å². The topological polar surface area (TPSA) is 149 Å². The van der Waals surface area contributed by atoms with E-state index in [1.165, 1.54) is 26.4 Å². The lowest BCUT2D eigenvalue weighted by Crippen LogP contribution is -2.57. The van der Waals surface area contributed by atoms with Crippen LogP contribution in [0, 0.1) is 0 Å². The fourth-order valence-corrected chi connectivity index (χ4v) is 2.20. The molecule has 0 fully saturated rings. The summed E-state index contributed by atoms with van der Waals surface area (Å²) >= 11 is 0. The standard InChI is InChI=1S/C20H32N4O7/c1-18(2,3)30-16(28)22-13(14(25)23-20(7,8)15(26)27)9-12-10-24(11-21-12)17(29)31-19(4,5)6/h10-11,13H,9H2,1-8H3,(H,22,28)(H,23,25)(H,26,27)/t13-/m0/s1. The third-order valence-electron chi connectivity index (χ3n) is 3.63. The first-order chi connectivity index (χ1) is 13.9. The van der Waals surface area contributed by atoms with Crippen molar-refractivity contribution in [2.45, 2.75) is 84.6 Å². The van der Waals surface area contributed by atoms with Crippen molar-refractivity contribution < 1.29 is 33.8 Å². The first kappa shape index (κ1) is 25.9. The van der Waals surface area contributed by atoms with Crippen LogP contribution in [0.5, 0.6) is 0 Å². The summed E-state index contributed by atoms with van der Waals surface area (Å²) in [7, 11) is 0. The minimum absolute atomic E-state index is 0.115. The Morgan fingerprint density at radius 1 is 1.03 bits per heavy atom. The maximum Gasteiger partial charge on any atom is 0.419 e. The van der Waals surface area contributed by atoms with Crippen LogP contribution in [-0.4, -0.2) is 61.5 Å². The quantitative estimate of drug-likeness (QED) is 0.609. The fraction of sp³-hybridized carbons (Fsp3) is 0.650. The highest BCUT2D eigenvalue weighted by molar-refractivity contribution is 5.91. The lowest BCUT2D eigenvalue weighted by molar-refractivity contribution is -0.146. The average molecular weight is 440 g/mol. The number of hydrogen-bond donors (Lipinski definition) is 3. The number of nitrogens with one attached hydrogen (secondary N) is 2. The van der Waals surface area contributed by atoms with Gasteiger partial charge in [-0.1, -0.05) is 0 Å². The number of carboxylic acids is 1. The molecule has 0 aliphatic rings. The van der Waals surface area contributed by atoms with E-state index in [9.17, 15) is 24.3 Å². The first-order valence-corrected chi connectivity index (χ1v) is 9.71. The molecule has 1 aromatic rings. The van der Waals surface area contributed by atoms with Crippen molar-refractivity contribution in [3.63, 3.8) is 0 Å². The highest BCUT2D eigenvalue weighted by Crippen LogP contribution is 2.12. The van der Waals surface area contributed by atoms with Gasteiger partial charge in [0.15, 0.2) is 0 Å². The summed E-state index contributed by atoms with van der Waals surface area (Å²) in [4.78, 5) is 52.5. The zero-order valence-corrected chi connectivity index (χ0v) is 19.2. The Bertz CT molecular complexity index is 831. The molecule has 0 radical (unpaired) electrons. The predicted octanol–water partition coefficient (Wildman–Crippen LogP) is 2.08. The Morgan fingerprint density at radius 3 is 2.06 bits per heavy atom. The lowest BCUT2D eigenvalue weighted by Gasteiger charge is -2.26. The monoisotopic (exact) mass is 440 g/mol. The van der Waals surface area contributed by atoms with Crippen LogP contribution in [0.3, 0.4) is 0 Å². The van der Waals surface area contributed by atoms with Gasteiger partial charge in [-0.25, -0.2) is 23.9 Å². The Hall–Kier alpha value is -3.11. The zero-order chi connectivity index (χ0) is 24.2. The lowest BCUT2D eigenvalue weighted by atomic mass is 10.0. The van der Waals surface area contributed by atoms with E-state index in [0.717, 1.165) is 4.57 Å². The minimum Gasteiger partial charge on any atom is -0.480 e. The molecule has 3 N–H and O–H groups in total. The molecule has 1 aromatic heterocycles. The normalized spacial score (nSPS) is 13.2. The van der Waals surface area contributed by atoms with Crippen molar-refractivity contribution in [1.29, 1.82) is 0 Å². The van der Waals surface area contributed by atoms with Crippen LogP contribution >= 0.6 is 0 Å². The number of aliphatic carboxylic acids is 1. The average Bonchev–Trinajstić information content (AvgIpc) is 2.99. The fourth-order valence-electron chi connectivity index (χ4n) is 2.20. The van der Waals surface area contributed by atoms with E-state index < -0.39 is 46.8 Å². The molecule has 0 unspecified atom stereocenters. The summed E-state index contributed by atoms with van der Waals surface area (Å²) in [6, 6.07) is -1.20. The van der Waals surface area contributed by atoms with Gasteiger partial charge in [0.2, 0.25) is 5.91 Å². The summed E-state index contributed by atoms with van der Waals surface area (Å²) in [5, 5.41) is 14.1. The summed E-state index contributed by atoms with van der Waals surface area (Å²) in [6.07, 6.45) is 0.976. The molecule has 1 atom stereocenters. The molecule has 0 aliphatic carbocycles. The van der Waals surface area contributed by atoms with E-state index in [1.807, 2.05) is 0 Å². The second-order valence-electron chi connectivity index (χ2n) is 9.57. The number of carbonyl (C=O) groups excluding carboxylic acids is 3. The van der Waals surface area contributed by atoms with Gasteiger partial charge in [-0.05, 0) is 55.4 Å². The molecular weight excluding hydrogens is 408 g/mol. The van der Waals surface area contributed by atoms with E-state index in [4.69, 9.17) is 9.47 Å². The number of rotatable bonds is 6. The Labute approximate surface area is 181 Å². The highest BCUT2D eigenvalue weighted by atomic mass is 16.6. The molecule has 0 aromatic carbocycles. The smallest absolute Gasteiger partial charge is 0.419 e. The van der Waals surface area contributed by atoms with Gasteiger partial charge >= 0.3 is 18.2 Å². The van der Waals surface area contributed by atoms with Gasteiger partial charge in [0.05, 0.1) is 5.69 Å². The molecule has 11 heteroatoms. The number of carbonyl (C=O) groups is 4. The van der Waals surface area contributed by atoms with E-state index in [1.54, 1.807) is 41.5 Å². The molecule has 174 valence electrons. The summed E-state index contributed by atoms with van der Waals surface area (Å²) in [6.45, 7) is 12.8. The SMILES string of the molecule is CC(C)(C)OC(=O)N[C@@H](Cc1cn(C(=O)OC(C)(C)C)cn1)C(=O)NC(C)(C)C(=O)O. The van der Waals surface area contributed by atoms with Gasteiger partial charge in [0.25, 0.3) is 0 Å². The second-order valence-corrected chi connectivity index (χ2v) is 9.57. The molecule has 0 spiro atoms. The van der Waals surface area contributed by atoms with Crippen molar-refractivity contribution in [2.24, 2.45) is 0 Å². The minimum atomic E-state index is -1.57.